The van der Waals surface area contributed by atoms with Gasteiger partial charge in [0.25, 0.3) is 0 Å². The topological polar surface area (TPSA) is 20.2 Å². The highest BCUT2D eigenvalue weighted by atomic mass is 35.5. The largest absolute Gasteiger partial charge is 0.392 e. The highest BCUT2D eigenvalue weighted by molar-refractivity contribution is 7.99. The van der Waals surface area contributed by atoms with Crippen molar-refractivity contribution in [2.24, 2.45) is 0 Å². The number of thioether (sulfide) groups is 1. The van der Waals surface area contributed by atoms with Crippen molar-refractivity contribution in [3.8, 4) is 0 Å². The Balaban J connectivity index is 1.90. The number of aliphatic hydroxyl groups is 1. The Kier molecular flexibility index (Phi) is 5.79. The molecule has 1 nitrogen and oxygen atoms in total. The maximum atomic E-state index is 10.1. The first-order valence-electron chi connectivity index (χ1n) is 6.36. The van der Waals surface area contributed by atoms with Crippen LogP contribution >= 0.6 is 35.0 Å². The van der Waals surface area contributed by atoms with Crippen molar-refractivity contribution in [3.05, 3.63) is 63.6 Å². The molecular weight excluding hydrogens is 311 g/mol. The monoisotopic (exact) mass is 326 g/mol. The number of hydrogen-bond donors (Lipinski definition) is 1. The van der Waals surface area contributed by atoms with E-state index in [9.17, 15) is 5.11 Å². The van der Waals surface area contributed by atoms with Gasteiger partial charge in [0.2, 0.25) is 0 Å². The fourth-order valence-corrected chi connectivity index (χ4v) is 3.33. The van der Waals surface area contributed by atoms with Gasteiger partial charge in [-0.3, -0.25) is 0 Å². The molecule has 20 heavy (non-hydrogen) atoms. The summed E-state index contributed by atoms with van der Waals surface area (Å²) >= 11 is 13.6. The second-order valence-electron chi connectivity index (χ2n) is 4.72. The SMILES string of the molecule is Cc1cccc(SCC(O)Cc2ccc(Cl)cc2Cl)c1. The minimum atomic E-state index is -0.431. The van der Waals surface area contributed by atoms with Crippen molar-refractivity contribution >= 4 is 35.0 Å². The van der Waals surface area contributed by atoms with Gasteiger partial charge in [0, 0.05) is 27.1 Å². The van der Waals surface area contributed by atoms with Crippen molar-refractivity contribution in [1.82, 2.24) is 0 Å². The lowest BCUT2D eigenvalue weighted by atomic mass is 10.1. The number of aliphatic hydroxyl groups excluding tert-OH is 1. The highest BCUT2D eigenvalue weighted by Crippen LogP contribution is 2.24. The van der Waals surface area contributed by atoms with Crippen LogP contribution in [0.4, 0.5) is 0 Å². The lowest BCUT2D eigenvalue weighted by Gasteiger charge is -2.12. The molecule has 2 aromatic rings. The van der Waals surface area contributed by atoms with Gasteiger partial charge >= 0.3 is 0 Å². The van der Waals surface area contributed by atoms with Crippen LogP contribution in [-0.2, 0) is 6.42 Å². The third-order valence-electron chi connectivity index (χ3n) is 2.90. The van der Waals surface area contributed by atoms with E-state index in [0.29, 0.717) is 22.2 Å². The number of hydrogen-bond acceptors (Lipinski definition) is 2. The van der Waals surface area contributed by atoms with Crippen LogP contribution in [0.3, 0.4) is 0 Å². The van der Waals surface area contributed by atoms with Gasteiger partial charge in [-0.15, -0.1) is 11.8 Å². The Labute approximate surface area is 133 Å². The van der Waals surface area contributed by atoms with E-state index in [2.05, 4.69) is 25.1 Å². The highest BCUT2D eigenvalue weighted by Gasteiger charge is 2.09. The lowest BCUT2D eigenvalue weighted by molar-refractivity contribution is 0.200. The van der Waals surface area contributed by atoms with E-state index in [1.807, 2.05) is 12.1 Å². The van der Waals surface area contributed by atoms with E-state index < -0.39 is 6.10 Å². The quantitative estimate of drug-likeness (QED) is 0.780. The molecule has 0 bridgehead atoms. The Bertz CT molecular complexity index is 586. The summed E-state index contributed by atoms with van der Waals surface area (Å²) in [4.78, 5) is 1.17. The number of benzene rings is 2. The summed E-state index contributed by atoms with van der Waals surface area (Å²) in [5.74, 6) is 0.641. The van der Waals surface area contributed by atoms with Gasteiger partial charge in [0.15, 0.2) is 0 Å². The van der Waals surface area contributed by atoms with Crippen molar-refractivity contribution in [2.75, 3.05) is 5.75 Å². The maximum absolute atomic E-state index is 10.1. The Morgan fingerprint density at radius 2 is 1.95 bits per heavy atom. The number of aryl methyl sites for hydroxylation is 1. The second kappa shape index (κ2) is 7.37. The molecule has 0 fully saturated rings. The molecule has 0 saturated carbocycles. The zero-order valence-electron chi connectivity index (χ0n) is 11.1. The first kappa shape index (κ1) is 15.7. The van der Waals surface area contributed by atoms with Gasteiger partial charge in [-0.05, 0) is 36.8 Å². The summed E-state index contributed by atoms with van der Waals surface area (Å²) < 4.78 is 0. The summed E-state index contributed by atoms with van der Waals surface area (Å²) in [6.07, 6.45) is 0.105. The standard InChI is InChI=1S/C16H16Cl2OS/c1-11-3-2-4-15(7-11)20-10-14(19)8-12-5-6-13(17)9-16(12)18/h2-7,9,14,19H,8,10H2,1H3. The Morgan fingerprint density at radius 1 is 1.15 bits per heavy atom. The summed E-state index contributed by atoms with van der Waals surface area (Å²) in [6, 6.07) is 13.6. The van der Waals surface area contributed by atoms with Crippen LogP contribution in [0.25, 0.3) is 0 Å². The van der Waals surface area contributed by atoms with Gasteiger partial charge in [-0.1, -0.05) is 47.0 Å². The van der Waals surface area contributed by atoms with E-state index in [0.717, 1.165) is 5.56 Å². The minimum absolute atomic E-state index is 0.431. The van der Waals surface area contributed by atoms with Crippen molar-refractivity contribution in [3.63, 3.8) is 0 Å². The first-order chi connectivity index (χ1) is 9.54. The van der Waals surface area contributed by atoms with E-state index in [1.165, 1.54) is 10.5 Å². The van der Waals surface area contributed by atoms with E-state index in [-0.39, 0.29) is 0 Å². The molecule has 4 heteroatoms. The van der Waals surface area contributed by atoms with Gasteiger partial charge in [0.1, 0.15) is 0 Å². The molecule has 0 aliphatic rings. The molecular formula is C16H16Cl2OS. The van der Waals surface area contributed by atoms with Gasteiger partial charge in [0.05, 0.1) is 6.10 Å². The average Bonchev–Trinajstić information content (AvgIpc) is 2.40. The predicted molar refractivity (Wildman–Crippen MR) is 88.1 cm³/mol. The molecule has 0 aliphatic carbocycles. The molecule has 1 unspecified atom stereocenters. The van der Waals surface area contributed by atoms with Gasteiger partial charge in [-0.25, -0.2) is 0 Å². The van der Waals surface area contributed by atoms with Crippen LogP contribution in [0.2, 0.25) is 10.0 Å². The Hall–Kier alpha value is -0.670. The number of rotatable bonds is 5. The number of halogens is 2. The molecule has 0 spiro atoms. The molecule has 0 aliphatic heterocycles. The lowest BCUT2D eigenvalue weighted by Crippen LogP contribution is -2.13. The second-order valence-corrected chi connectivity index (χ2v) is 6.66. The minimum Gasteiger partial charge on any atom is -0.392 e. The van der Waals surface area contributed by atoms with Crippen molar-refractivity contribution in [1.29, 1.82) is 0 Å². The van der Waals surface area contributed by atoms with Crippen LogP contribution < -0.4 is 0 Å². The molecule has 1 N–H and O–H groups in total. The normalized spacial score (nSPS) is 12.4. The van der Waals surface area contributed by atoms with Gasteiger partial charge in [-0.2, -0.15) is 0 Å². The molecule has 1 atom stereocenters. The molecule has 0 saturated heterocycles. The third-order valence-corrected chi connectivity index (χ3v) is 4.63. The van der Waals surface area contributed by atoms with Gasteiger partial charge < -0.3 is 5.11 Å². The summed E-state index contributed by atoms with van der Waals surface area (Å²) in [5.41, 5.74) is 2.15. The van der Waals surface area contributed by atoms with Crippen molar-refractivity contribution in [2.45, 2.75) is 24.3 Å². The zero-order valence-corrected chi connectivity index (χ0v) is 13.5. The van der Waals surface area contributed by atoms with Crippen LogP contribution in [-0.4, -0.2) is 17.0 Å². The summed E-state index contributed by atoms with van der Waals surface area (Å²) in [5, 5.41) is 11.3. The molecule has 0 radical (unpaired) electrons. The fourth-order valence-electron chi connectivity index (χ4n) is 1.90. The van der Waals surface area contributed by atoms with Crippen LogP contribution in [0, 0.1) is 6.92 Å². The average molecular weight is 327 g/mol. The van der Waals surface area contributed by atoms with Crippen LogP contribution in [0.5, 0.6) is 0 Å². The van der Waals surface area contributed by atoms with E-state index in [4.69, 9.17) is 23.2 Å². The zero-order chi connectivity index (χ0) is 14.5. The molecule has 0 amide bonds. The molecule has 0 aromatic heterocycles. The van der Waals surface area contributed by atoms with E-state index >= 15 is 0 Å². The molecule has 2 rings (SSSR count). The molecule has 2 aromatic carbocycles. The summed E-state index contributed by atoms with van der Waals surface area (Å²) in [7, 11) is 0. The smallest absolute Gasteiger partial charge is 0.0674 e. The fraction of sp³-hybridized carbons (Fsp3) is 0.250. The van der Waals surface area contributed by atoms with E-state index in [1.54, 1.807) is 23.9 Å². The first-order valence-corrected chi connectivity index (χ1v) is 8.10. The van der Waals surface area contributed by atoms with Crippen LogP contribution in [0.15, 0.2) is 47.4 Å². The van der Waals surface area contributed by atoms with Crippen LogP contribution in [0.1, 0.15) is 11.1 Å². The molecule has 0 heterocycles. The summed E-state index contributed by atoms with van der Waals surface area (Å²) in [6.45, 7) is 2.06. The molecule has 106 valence electrons. The predicted octanol–water partition coefficient (Wildman–Crippen LogP) is 5.00. The Morgan fingerprint density at radius 3 is 2.65 bits per heavy atom. The van der Waals surface area contributed by atoms with Crippen molar-refractivity contribution < 1.29 is 5.11 Å². The maximum Gasteiger partial charge on any atom is 0.0674 e. The third kappa shape index (κ3) is 4.71.